The van der Waals surface area contributed by atoms with Gasteiger partial charge in [0.1, 0.15) is 5.75 Å². The van der Waals surface area contributed by atoms with Crippen molar-refractivity contribution in [1.82, 2.24) is 0 Å². The summed E-state index contributed by atoms with van der Waals surface area (Å²) in [6.45, 7) is 0. The van der Waals surface area contributed by atoms with Crippen molar-refractivity contribution in [2.24, 2.45) is 0 Å². The standard InChI is InChI=1S/C13H17NO3S/c1-14(2)10-5-6-11(15)9-4-3-8(7-12(16)17)18-13(9)10/h5-6,8,15H,3-4,7H2,1-2H3,(H,16,17). The summed E-state index contributed by atoms with van der Waals surface area (Å²) >= 11 is 1.57. The van der Waals surface area contributed by atoms with Crippen LogP contribution in [0, 0.1) is 0 Å². The first kappa shape index (κ1) is 13.1. The van der Waals surface area contributed by atoms with E-state index in [0.717, 1.165) is 29.0 Å². The molecule has 5 heteroatoms. The van der Waals surface area contributed by atoms with Crippen molar-refractivity contribution in [1.29, 1.82) is 0 Å². The Morgan fingerprint density at radius 2 is 2.22 bits per heavy atom. The Bertz CT molecular complexity index is 474. The molecule has 1 heterocycles. The van der Waals surface area contributed by atoms with E-state index >= 15 is 0 Å². The molecule has 0 saturated carbocycles. The molecule has 0 aliphatic carbocycles. The smallest absolute Gasteiger partial charge is 0.304 e. The van der Waals surface area contributed by atoms with Gasteiger partial charge in [-0.15, -0.1) is 11.8 Å². The van der Waals surface area contributed by atoms with E-state index < -0.39 is 5.97 Å². The van der Waals surface area contributed by atoms with Crippen LogP contribution in [-0.2, 0) is 11.2 Å². The minimum absolute atomic E-state index is 0.0931. The van der Waals surface area contributed by atoms with E-state index in [4.69, 9.17) is 5.11 Å². The zero-order valence-electron chi connectivity index (χ0n) is 10.5. The number of fused-ring (bicyclic) bond motifs is 1. The minimum Gasteiger partial charge on any atom is -0.508 e. The van der Waals surface area contributed by atoms with Crippen molar-refractivity contribution in [3.63, 3.8) is 0 Å². The van der Waals surface area contributed by atoms with Gasteiger partial charge in [-0.25, -0.2) is 0 Å². The molecular formula is C13H17NO3S. The molecule has 1 aromatic carbocycles. The Labute approximate surface area is 111 Å². The fourth-order valence-electron chi connectivity index (χ4n) is 2.20. The van der Waals surface area contributed by atoms with E-state index in [1.165, 1.54) is 0 Å². The number of nitrogens with zero attached hydrogens (tertiary/aromatic N) is 1. The SMILES string of the molecule is CN(C)c1ccc(O)c2c1SC(CC(=O)O)CC2. The third kappa shape index (κ3) is 2.56. The van der Waals surface area contributed by atoms with Gasteiger partial charge in [0, 0.05) is 29.8 Å². The number of rotatable bonds is 3. The number of anilines is 1. The lowest BCUT2D eigenvalue weighted by molar-refractivity contribution is -0.137. The van der Waals surface area contributed by atoms with Gasteiger partial charge in [-0.2, -0.15) is 0 Å². The number of phenolic OH excluding ortho intramolecular Hbond substituents is 1. The first-order chi connectivity index (χ1) is 8.49. The molecule has 2 rings (SSSR count). The van der Waals surface area contributed by atoms with Crippen molar-refractivity contribution in [3.05, 3.63) is 17.7 Å². The normalized spacial score (nSPS) is 18.2. The van der Waals surface area contributed by atoms with Crippen LogP contribution in [0.15, 0.2) is 17.0 Å². The number of carboxylic acid groups (broad SMARTS) is 1. The minimum atomic E-state index is -0.762. The van der Waals surface area contributed by atoms with Gasteiger partial charge >= 0.3 is 5.97 Å². The molecule has 0 saturated heterocycles. The maximum Gasteiger partial charge on any atom is 0.304 e. The van der Waals surface area contributed by atoms with Crippen LogP contribution in [0.1, 0.15) is 18.4 Å². The summed E-state index contributed by atoms with van der Waals surface area (Å²) < 4.78 is 0. The Morgan fingerprint density at radius 1 is 1.50 bits per heavy atom. The lowest BCUT2D eigenvalue weighted by atomic mass is 10.0. The average molecular weight is 267 g/mol. The first-order valence-electron chi connectivity index (χ1n) is 5.89. The van der Waals surface area contributed by atoms with Crippen molar-refractivity contribution >= 4 is 23.4 Å². The predicted molar refractivity (Wildman–Crippen MR) is 72.7 cm³/mol. The van der Waals surface area contributed by atoms with Crippen molar-refractivity contribution in [2.45, 2.75) is 29.4 Å². The molecule has 1 aromatic rings. The summed E-state index contributed by atoms with van der Waals surface area (Å²) in [6, 6.07) is 3.59. The van der Waals surface area contributed by atoms with Crippen molar-refractivity contribution < 1.29 is 15.0 Å². The Balaban J connectivity index is 2.34. The summed E-state index contributed by atoms with van der Waals surface area (Å²) in [6.07, 6.45) is 1.72. The van der Waals surface area contributed by atoms with Crippen molar-refractivity contribution in [2.75, 3.05) is 19.0 Å². The fraction of sp³-hybridized carbons (Fsp3) is 0.462. The van der Waals surface area contributed by atoms with E-state index in [2.05, 4.69) is 0 Å². The van der Waals surface area contributed by atoms with Crippen LogP contribution < -0.4 is 4.90 Å². The molecule has 0 aromatic heterocycles. The zero-order valence-corrected chi connectivity index (χ0v) is 11.3. The molecule has 1 aliphatic heterocycles. The largest absolute Gasteiger partial charge is 0.508 e. The maximum atomic E-state index is 10.8. The number of hydrogen-bond acceptors (Lipinski definition) is 4. The molecule has 1 unspecified atom stereocenters. The molecule has 4 nitrogen and oxygen atoms in total. The number of thioether (sulfide) groups is 1. The van der Waals surface area contributed by atoms with Gasteiger partial charge in [-0.1, -0.05) is 0 Å². The number of aromatic hydroxyl groups is 1. The quantitative estimate of drug-likeness (QED) is 0.880. The predicted octanol–water partition coefficient (Wildman–Crippen LogP) is 2.34. The van der Waals surface area contributed by atoms with Crippen LogP contribution in [0.2, 0.25) is 0 Å². The average Bonchev–Trinajstić information content (AvgIpc) is 2.28. The molecule has 2 N–H and O–H groups in total. The van der Waals surface area contributed by atoms with Crippen LogP contribution >= 0.6 is 11.8 Å². The highest BCUT2D eigenvalue weighted by Crippen LogP contribution is 2.45. The summed E-state index contributed by atoms with van der Waals surface area (Å²) in [5, 5.41) is 18.8. The zero-order chi connectivity index (χ0) is 13.3. The van der Waals surface area contributed by atoms with Crippen LogP contribution in [-0.4, -0.2) is 35.5 Å². The number of aliphatic carboxylic acids is 1. The fourth-order valence-corrected chi connectivity index (χ4v) is 3.71. The van der Waals surface area contributed by atoms with E-state index in [-0.39, 0.29) is 11.7 Å². The molecule has 1 aliphatic rings. The molecule has 0 fully saturated rings. The summed E-state index contributed by atoms with van der Waals surface area (Å²) in [4.78, 5) is 13.8. The Kier molecular flexibility index (Phi) is 3.71. The maximum absolute atomic E-state index is 10.8. The van der Waals surface area contributed by atoms with Gasteiger partial charge in [0.25, 0.3) is 0 Å². The van der Waals surface area contributed by atoms with E-state index in [0.29, 0.717) is 5.75 Å². The van der Waals surface area contributed by atoms with Gasteiger partial charge in [0.15, 0.2) is 0 Å². The monoisotopic (exact) mass is 267 g/mol. The number of benzene rings is 1. The second-order valence-corrected chi connectivity index (χ2v) is 5.99. The van der Waals surface area contributed by atoms with Crippen LogP contribution in [0.5, 0.6) is 5.75 Å². The van der Waals surface area contributed by atoms with Gasteiger partial charge in [-0.3, -0.25) is 4.79 Å². The van der Waals surface area contributed by atoms with Crippen LogP contribution in [0.3, 0.4) is 0 Å². The molecule has 0 bridgehead atoms. The lowest BCUT2D eigenvalue weighted by Crippen LogP contribution is -2.18. The topological polar surface area (TPSA) is 60.8 Å². The van der Waals surface area contributed by atoms with Gasteiger partial charge in [0.2, 0.25) is 0 Å². The first-order valence-corrected chi connectivity index (χ1v) is 6.77. The molecule has 0 spiro atoms. The van der Waals surface area contributed by atoms with Gasteiger partial charge < -0.3 is 15.1 Å². The summed E-state index contributed by atoms with van der Waals surface area (Å²) in [5.41, 5.74) is 2.00. The van der Waals surface area contributed by atoms with Crippen LogP contribution in [0.4, 0.5) is 5.69 Å². The van der Waals surface area contributed by atoms with Crippen LogP contribution in [0.25, 0.3) is 0 Å². The third-order valence-corrected chi connectivity index (χ3v) is 4.53. The van der Waals surface area contributed by atoms with E-state index in [1.807, 2.05) is 25.1 Å². The number of carboxylic acids is 1. The Hall–Kier alpha value is -1.36. The molecule has 0 amide bonds. The highest BCUT2D eigenvalue weighted by Gasteiger charge is 2.26. The van der Waals surface area contributed by atoms with E-state index in [1.54, 1.807) is 17.8 Å². The third-order valence-electron chi connectivity index (χ3n) is 3.10. The molecular weight excluding hydrogens is 250 g/mol. The Morgan fingerprint density at radius 3 is 2.83 bits per heavy atom. The molecule has 0 radical (unpaired) electrons. The van der Waals surface area contributed by atoms with Crippen molar-refractivity contribution in [3.8, 4) is 5.75 Å². The number of phenols is 1. The highest BCUT2D eigenvalue weighted by molar-refractivity contribution is 8.00. The van der Waals surface area contributed by atoms with E-state index in [9.17, 15) is 9.90 Å². The second-order valence-electron chi connectivity index (χ2n) is 4.68. The molecule has 1 atom stereocenters. The summed E-state index contributed by atoms with van der Waals surface area (Å²) in [5.74, 6) is -0.445. The summed E-state index contributed by atoms with van der Waals surface area (Å²) in [7, 11) is 3.90. The van der Waals surface area contributed by atoms with Gasteiger partial charge in [0.05, 0.1) is 12.1 Å². The number of hydrogen-bond donors (Lipinski definition) is 2. The molecule has 18 heavy (non-hydrogen) atoms. The van der Waals surface area contributed by atoms with Gasteiger partial charge in [-0.05, 0) is 25.0 Å². The molecule has 98 valence electrons. The number of carbonyl (C=O) groups is 1. The second kappa shape index (κ2) is 5.10. The highest BCUT2D eigenvalue weighted by atomic mass is 32.2. The lowest BCUT2D eigenvalue weighted by Gasteiger charge is -2.28.